The van der Waals surface area contributed by atoms with Crippen molar-refractivity contribution in [2.45, 2.75) is 51.6 Å². The van der Waals surface area contributed by atoms with Crippen LogP contribution in [0, 0.1) is 5.92 Å². The van der Waals surface area contributed by atoms with Crippen LogP contribution in [0.2, 0.25) is 0 Å². The summed E-state index contributed by atoms with van der Waals surface area (Å²) >= 11 is 0. The molecule has 0 bridgehead atoms. The van der Waals surface area contributed by atoms with Crippen LogP contribution in [-0.2, 0) is 19.0 Å². The number of esters is 2. The summed E-state index contributed by atoms with van der Waals surface area (Å²) in [6, 6.07) is 8.46. The Morgan fingerprint density at radius 3 is 2.42 bits per heavy atom. The standard InChI is InChI=1S/C18H23FO5/c1-5-18(11-19)12(2)17(4,16(24-18)22-13(3)20)23-15(21)14-9-7-6-8-10-14/h6-10,12,16H,5,11H2,1-4H3/t12-,16?,17?,18+/m1/s1. The lowest BCUT2D eigenvalue weighted by Crippen LogP contribution is -2.48. The molecule has 1 heterocycles. The van der Waals surface area contributed by atoms with Gasteiger partial charge in [0.2, 0.25) is 6.29 Å². The van der Waals surface area contributed by atoms with Gasteiger partial charge in [0.15, 0.2) is 5.60 Å². The third-order valence-electron chi connectivity index (χ3n) is 4.88. The number of hydrogen-bond donors (Lipinski definition) is 0. The second-order valence-corrected chi connectivity index (χ2v) is 6.27. The van der Waals surface area contributed by atoms with Crippen LogP contribution in [0.5, 0.6) is 0 Å². The van der Waals surface area contributed by atoms with Crippen LogP contribution < -0.4 is 0 Å². The molecule has 2 unspecified atom stereocenters. The monoisotopic (exact) mass is 338 g/mol. The number of alkyl halides is 1. The van der Waals surface area contributed by atoms with Crippen molar-refractivity contribution >= 4 is 11.9 Å². The van der Waals surface area contributed by atoms with E-state index in [1.54, 1.807) is 51.1 Å². The molecular formula is C18H23FO5. The van der Waals surface area contributed by atoms with E-state index < -0.39 is 42.0 Å². The maximum Gasteiger partial charge on any atom is 0.338 e. The number of rotatable bonds is 5. The Labute approximate surface area is 141 Å². The normalized spacial score (nSPS) is 32.4. The van der Waals surface area contributed by atoms with Gasteiger partial charge >= 0.3 is 11.9 Å². The van der Waals surface area contributed by atoms with Crippen molar-refractivity contribution in [1.29, 1.82) is 0 Å². The van der Waals surface area contributed by atoms with E-state index in [2.05, 4.69) is 0 Å². The zero-order valence-electron chi connectivity index (χ0n) is 14.4. The lowest BCUT2D eigenvalue weighted by molar-refractivity contribution is -0.215. The van der Waals surface area contributed by atoms with Gasteiger partial charge in [0.1, 0.15) is 12.3 Å². The number of halogens is 1. The summed E-state index contributed by atoms with van der Waals surface area (Å²) in [7, 11) is 0. The number of ether oxygens (including phenoxy) is 3. The molecule has 0 radical (unpaired) electrons. The van der Waals surface area contributed by atoms with Crippen molar-refractivity contribution in [3.8, 4) is 0 Å². The van der Waals surface area contributed by atoms with Crippen molar-refractivity contribution < 1.29 is 28.2 Å². The summed E-state index contributed by atoms with van der Waals surface area (Å²) < 4.78 is 30.3. The van der Waals surface area contributed by atoms with E-state index in [0.717, 1.165) is 0 Å². The van der Waals surface area contributed by atoms with E-state index in [9.17, 15) is 14.0 Å². The van der Waals surface area contributed by atoms with Crippen LogP contribution in [0.1, 0.15) is 44.5 Å². The maximum atomic E-state index is 13.7. The Hall–Kier alpha value is -1.95. The Kier molecular flexibility index (Phi) is 5.28. The van der Waals surface area contributed by atoms with Crippen molar-refractivity contribution in [3.05, 3.63) is 35.9 Å². The molecule has 2 rings (SSSR count). The van der Waals surface area contributed by atoms with Crippen LogP contribution in [0.3, 0.4) is 0 Å². The molecule has 5 nitrogen and oxygen atoms in total. The lowest BCUT2D eigenvalue weighted by atomic mass is 9.79. The first-order valence-corrected chi connectivity index (χ1v) is 7.98. The van der Waals surface area contributed by atoms with Crippen LogP contribution in [-0.4, -0.2) is 36.1 Å². The molecule has 0 spiro atoms. The SMILES string of the molecule is CC[C@@]1(CF)OC(OC(C)=O)C(C)(OC(=O)c2ccccc2)[C@H]1C. The highest BCUT2D eigenvalue weighted by Crippen LogP contribution is 2.48. The first-order chi connectivity index (χ1) is 11.3. The molecule has 4 atom stereocenters. The van der Waals surface area contributed by atoms with Crippen molar-refractivity contribution in [2.75, 3.05) is 6.67 Å². The Bertz CT molecular complexity index is 599. The van der Waals surface area contributed by atoms with Crippen molar-refractivity contribution in [1.82, 2.24) is 0 Å². The minimum absolute atomic E-state index is 0.362. The van der Waals surface area contributed by atoms with Gasteiger partial charge in [0.25, 0.3) is 0 Å². The van der Waals surface area contributed by atoms with Gasteiger partial charge < -0.3 is 14.2 Å². The van der Waals surface area contributed by atoms with Crippen LogP contribution in [0.15, 0.2) is 30.3 Å². The van der Waals surface area contributed by atoms with Gasteiger partial charge in [-0.3, -0.25) is 4.79 Å². The fourth-order valence-electron chi connectivity index (χ4n) is 3.05. The van der Waals surface area contributed by atoms with Crippen LogP contribution in [0.4, 0.5) is 4.39 Å². The van der Waals surface area contributed by atoms with Crippen molar-refractivity contribution in [2.24, 2.45) is 5.92 Å². The minimum Gasteiger partial charge on any atom is -0.449 e. The van der Waals surface area contributed by atoms with E-state index in [4.69, 9.17) is 14.2 Å². The van der Waals surface area contributed by atoms with Gasteiger partial charge in [0.05, 0.1) is 5.56 Å². The second kappa shape index (κ2) is 6.89. The third-order valence-corrected chi connectivity index (χ3v) is 4.88. The number of hydrogen-bond acceptors (Lipinski definition) is 5. The molecule has 0 N–H and O–H groups in total. The van der Waals surface area contributed by atoms with Gasteiger partial charge in [-0.2, -0.15) is 0 Å². The molecule has 1 aliphatic rings. The average Bonchev–Trinajstić information content (AvgIpc) is 2.77. The first-order valence-electron chi connectivity index (χ1n) is 7.98. The van der Waals surface area contributed by atoms with E-state index in [1.807, 2.05) is 0 Å². The highest BCUT2D eigenvalue weighted by Gasteiger charge is 2.63. The fraction of sp³-hybridized carbons (Fsp3) is 0.556. The van der Waals surface area contributed by atoms with Gasteiger partial charge in [-0.15, -0.1) is 0 Å². The number of carbonyl (C=O) groups is 2. The summed E-state index contributed by atoms with van der Waals surface area (Å²) in [4.78, 5) is 23.9. The van der Waals surface area contributed by atoms with Gasteiger partial charge in [-0.05, 0) is 25.5 Å². The highest BCUT2D eigenvalue weighted by atomic mass is 19.1. The summed E-state index contributed by atoms with van der Waals surface area (Å²) in [6.07, 6.45) is -0.797. The topological polar surface area (TPSA) is 61.8 Å². The minimum atomic E-state index is -1.29. The molecular weight excluding hydrogens is 315 g/mol. The molecule has 0 amide bonds. The van der Waals surface area contributed by atoms with E-state index in [-0.39, 0.29) is 0 Å². The molecule has 1 aliphatic heterocycles. The van der Waals surface area contributed by atoms with E-state index in [0.29, 0.717) is 12.0 Å². The molecule has 0 aliphatic carbocycles. The molecule has 1 aromatic rings. The molecule has 0 aromatic heterocycles. The smallest absolute Gasteiger partial charge is 0.338 e. The molecule has 132 valence electrons. The predicted octanol–water partition coefficient (Wildman–Crippen LogP) is 3.28. The molecule has 6 heteroatoms. The molecule has 1 fully saturated rings. The van der Waals surface area contributed by atoms with Gasteiger partial charge in [-0.25, -0.2) is 9.18 Å². The Morgan fingerprint density at radius 1 is 1.29 bits per heavy atom. The summed E-state index contributed by atoms with van der Waals surface area (Å²) in [5, 5.41) is 0. The fourth-order valence-corrected chi connectivity index (χ4v) is 3.05. The predicted molar refractivity (Wildman–Crippen MR) is 85.1 cm³/mol. The largest absolute Gasteiger partial charge is 0.449 e. The summed E-state index contributed by atoms with van der Waals surface area (Å²) in [6.45, 7) is 5.60. The second-order valence-electron chi connectivity index (χ2n) is 6.27. The maximum absolute atomic E-state index is 13.7. The van der Waals surface area contributed by atoms with Gasteiger partial charge in [-0.1, -0.05) is 32.0 Å². The van der Waals surface area contributed by atoms with Crippen molar-refractivity contribution in [3.63, 3.8) is 0 Å². The van der Waals surface area contributed by atoms with E-state index >= 15 is 0 Å². The number of carbonyl (C=O) groups excluding carboxylic acids is 2. The summed E-state index contributed by atoms with van der Waals surface area (Å²) in [5.74, 6) is -1.66. The quantitative estimate of drug-likeness (QED) is 0.771. The molecule has 1 aromatic carbocycles. The van der Waals surface area contributed by atoms with Gasteiger partial charge in [0, 0.05) is 12.8 Å². The highest BCUT2D eigenvalue weighted by molar-refractivity contribution is 5.89. The third kappa shape index (κ3) is 3.15. The Morgan fingerprint density at radius 2 is 1.92 bits per heavy atom. The Balaban J connectivity index is 2.34. The van der Waals surface area contributed by atoms with E-state index in [1.165, 1.54) is 6.92 Å². The number of benzene rings is 1. The lowest BCUT2D eigenvalue weighted by Gasteiger charge is -2.34. The van der Waals surface area contributed by atoms with Crippen LogP contribution in [0.25, 0.3) is 0 Å². The zero-order valence-corrected chi connectivity index (χ0v) is 14.4. The average molecular weight is 338 g/mol. The first kappa shape index (κ1) is 18.4. The van der Waals surface area contributed by atoms with Crippen LogP contribution >= 0.6 is 0 Å². The molecule has 0 saturated carbocycles. The molecule has 24 heavy (non-hydrogen) atoms. The summed E-state index contributed by atoms with van der Waals surface area (Å²) in [5.41, 5.74) is -2.09. The zero-order chi connectivity index (χ0) is 18.0. The molecule has 1 saturated heterocycles.